The van der Waals surface area contributed by atoms with Crippen molar-refractivity contribution in [1.29, 1.82) is 5.41 Å². The van der Waals surface area contributed by atoms with Gasteiger partial charge in [-0.1, -0.05) is 96.1 Å². The maximum absolute atomic E-state index is 14.4. The van der Waals surface area contributed by atoms with Crippen molar-refractivity contribution in [3.05, 3.63) is 53.7 Å². The van der Waals surface area contributed by atoms with Gasteiger partial charge in [0.25, 0.3) is 5.91 Å². The highest BCUT2D eigenvalue weighted by molar-refractivity contribution is 6.08. The Balaban J connectivity index is 1.44. The fourth-order valence-electron chi connectivity index (χ4n) is 8.42. The molecule has 0 spiro atoms. The third-order valence-electron chi connectivity index (χ3n) is 11.9. The van der Waals surface area contributed by atoms with Crippen LogP contribution >= 0.6 is 0 Å². The van der Waals surface area contributed by atoms with Crippen LogP contribution in [0.15, 0.2) is 42.6 Å². The van der Waals surface area contributed by atoms with Crippen molar-refractivity contribution in [1.82, 2.24) is 14.9 Å². The molecule has 3 aromatic rings. The summed E-state index contributed by atoms with van der Waals surface area (Å²) in [6, 6.07) is 10.8. The molecule has 2 amide bonds. The Morgan fingerprint density at radius 2 is 1.46 bits per heavy atom. The number of guanidine groups is 1. The summed E-state index contributed by atoms with van der Waals surface area (Å²) in [5, 5.41) is 10.2. The maximum atomic E-state index is 14.4. The molecule has 0 saturated carbocycles. The van der Waals surface area contributed by atoms with Crippen molar-refractivity contribution in [2.75, 3.05) is 51.6 Å². The predicted octanol–water partition coefficient (Wildman–Crippen LogP) is 11.6. The largest absolute Gasteiger partial charge is 0.491 e. The van der Waals surface area contributed by atoms with E-state index < -0.39 is 36.2 Å². The number of hydrogen-bond acceptors (Lipinski definition) is 9. The van der Waals surface area contributed by atoms with Crippen molar-refractivity contribution in [2.45, 2.75) is 168 Å². The van der Waals surface area contributed by atoms with Gasteiger partial charge in [0.1, 0.15) is 17.1 Å². The minimum absolute atomic E-state index is 0.120. The van der Waals surface area contributed by atoms with Gasteiger partial charge in [-0.05, 0) is 88.6 Å². The molecule has 0 aliphatic carbocycles. The molecule has 68 heavy (non-hydrogen) atoms. The average Bonchev–Trinajstić information content (AvgIpc) is 3.67. The molecule has 2 aromatic carbocycles. The molecule has 0 radical (unpaired) electrons. The number of carbonyl (C=O) groups is 3. The number of aromatic nitrogens is 1. The molecule has 4 rings (SSSR count). The number of ether oxygens (including phenoxy) is 5. The van der Waals surface area contributed by atoms with Crippen LogP contribution in [-0.4, -0.2) is 91.8 Å². The molecule has 4 N–H and O–H groups in total. The highest BCUT2D eigenvalue weighted by atomic mass is 19.4. The van der Waals surface area contributed by atoms with Crippen molar-refractivity contribution in [3.63, 3.8) is 0 Å². The number of benzene rings is 2. The van der Waals surface area contributed by atoms with Crippen LogP contribution in [0.1, 0.15) is 165 Å². The average molecular weight is 959 g/mol. The fraction of sp³-hybridized carbons (Fsp3) is 0.647. The van der Waals surface area contributed by atoms with Gasteiger partial charge >= 0.3 is 18.2 Å². The van der Waals surface area contributed by atoms with E-state index in [1.165, 1.54) is 32.1 Å². The van der Waals surface area contributed by atoms with Crippen LogP contribution in [0.5, 0.6) is 11.5 Å². The number of hydrazine groups is 1. The van der Waals surface area contributed by atoms with Gasteiger partial charge in [-0.2, -0.15) is 13.2 Å². The first-order chi connectivity index (χ1) is 32.5. The first-order valence-electron chi connectivity index (χ1n) is 24.7. The summed E-state index contributed by atoms with van der Waals surface area (Å²) in [4.78, 5) is 41.9. The third kappa shape index (κ3) is 19.1. The Morgan fingerprint density at radius 3 is 2.07 bits per heavy atom. The molecule has 380 valence electrons. The molecular formula is C51H77F3N6O8. The van der Waals surface area contributed by atoms with Crippen LogP contribution in [0.2, 0.25) is 0 Å². The van der Waals surface area contributed by atoms with E-state index in [1.54, 1.807) is 46.1 Å². The van der Waals surface area contributed by atoms with Gasteiger partial charge in [0.05, 0.1) is 36.6 Å². The number of anilines is 1. The highest BCUT2D eigenvalue weighted by Crippen LogP contribution is 2.38. The number of hydrogen-bond donors (Lipinski definition) is 3. The highest BCUT2D eigenvalue weighted by Gasteiger charge is 2.31. The molecule has 2 heterocycles. The molecule has 1 aromatic heterocycles. The van der Waals surface area contributed by atoms with Crippen molar-refractivity contribution in [3.8, 4) is 11.5 Å². The predicted molar refractivity (Wildman–Crippen MR) is 259 cm³/mol. The molecule has 14 nitrogen and oxygen atoms in total. The lowest BCUT2D eigenvalue weighted by molar-refractivity contribution is -0.146. The Labute approximate surface area is 401 Å². The van der Waals surface area contributed by atoms with E-state index in [0.29, 0.717) is 81.5 Å². The number of para-hydroxylation sites is 1. The standard InChI is InChI=1S/C51H77F3N6O8/c1-6-7-8-9-10-13-17-20-33-66-45(61)37-67-43-25-24-39(60(48(55)56)57-49(63)68-50(2,3)4)35-41(43)38-26-29-58(30-27-38)47(62)42-36-59(31-34-64-5)46-40(42)22-21-23-44(46)65-32-19-16-14-11-12-15-18-28-51(52,53)54/h21-25,35-36,38H,6-20,26-34,37H2,1-5H3,(H3,55,56)(H,57,63). The van der Waals surface area contributed by atoms with Gasteiger partial charge in [-0.25, -0.2) is 20.0 Å². The molecule has 1 aliphatic heterocycles. The van der Waals surface area contributed by atoms with E-state index in [-0.39, 0.29) is 24.9 Å². The first kappa shape index (κ1) is 55.4. The normalized spacial score (nSPS) is 13.4. The zero-order chi connectivity index (χ0) is 49.5. The van der Waals surface area contributed by atoms with E-state index in [1.807, 2.05) is 33.9 Å². The van der Waals surface area contributed by atoms with Crippen LogP contribution in [0, 0.1) is 5.41 Å². The summed E-state index contributed by atoms with van der Waals surface area (Å²) in [6.45, 7) is 9.64. The zero-order valence-corrected chi connectivity index (χ0v) is 41.1. The lowest BCUT2D eigenvalue weighted by atomic mass is 9.88. The van der Waals surface area contributed by atoms with Gasteiger partial charge < -0.3 is 38.9 Å². The lowest BCUT2D eigenvalue weighted by Gasteiger charge is -2.33. The Morgan fingerprint density at radius 1 is 0.824 bits per heavy atom. The number of halogens is 3. The second-order valence-corrected chi connectivity index (χ2v) is 18.7. The summed E-state index contributed by atoms with van der Waals surface area (Å²) in [5.74, 6) is -0.0769. The van der Waals surface area contributed by atoms with E-state index in [4.69, 9.17) is 34.8 Å². The van der Waals surface area contributed by atoms with E-state index in [0.717, 1.165) is 72.8 Å². The van der Waals surface area contributed by atoms with Crippen molar-refractivity contribution in [2.24, 2.45) is 5.73 Å². The van der Waals surface area contributed by atoms with Crippen LogP contribution in [-0.2, 0) is 25.5 Å². The number of nitrogens with one attached hydrogen (secondary N) is 2. The van der Waals surface area contributed by atoms with Gasteiger partial charge in [0.2, 0.25) is 5.96 Å². The third-order valence-corrected chi connectivity index (χ3v) is 11.9. The number of fused-ring (bicyclic) bond motifs is 1. The Bertz CT molecular complexity index is 2030. The molecule has 0 unspecified atom stereocenters. The number of alkyl halides is 3. The zero-order valence-electron chi connectivity index (χ0n) is 41.1. The summed E-state index contributed by atoms with van der Waals surface area (Å²) in [6.07, 6.45) is 11.4. The number of unbranched alkanes of at least 4 members (excludes halogenated alkanes) is 13. The molecule has 17 heteroatoms. The molecule has 1 fully saturated rings. The maximum Gasteiger partial charge on any atom is 0.427 e. The number of piperidine rings is 1. The lowest BCUT2D eigenvalue weighted by Crippen LogP contribution is -2.51. The van der Waals surface area contributed by atoms with Crippen LogP contribution in [0.4, 0.5) is 23.7 Å². The van der Waals surface area contributed by atoms with E-state index >= 15 is 0 Å². The Kier molecular flexibility index (Phi) is 23.1. The number of esters is 1. The number of nitrogens with two attached hydrogens (primary N) is 1. The summed E-state index contributed by atoms with van der Waals surface area (Å²) in [5.41, 5.74) is 10.2. The number of likely N-dealkylation sites (tertiary alicyclic amines) is 1. The number of carbonyl (C=O) groups excluding carboxylic acids is 3. The number of amides is 2. The summed E-state index contributed by atoms with van der Waals surface area (Å²) >= 11 is 0. The van der Waals surface area contributed by atoms with Gasteiger partial charge in [-0.15, -0.1) is 0 Å². The quantitative estimate of drug-likeness (QED) is 0.0209. The van der Waals surface area contributed by atoms with Gasteiger partial charge in [-0.3, -0.25) is 10.2 Å². The van der Waals surface area contributed by atoms with Crippen molar-refractivity contribution < 1.29 is 51.2 Å². The monoisotopic (exact) mass is 959 g/mol. The van der Waals surface area contributed by atoms with Crippen LogP contribution in [0.25, 0.3) is 10.9 Å². The van der Waals surface area contributed by atoms with E-state index in [9.17, 15) is 27.6 Å². The van der Waals surface area contributed by atoms with Crippen LogP contribution in [0.3, 0.4) is 0 Å². The first-order valence-corrected chi connectivity index (χ1v) is 24.7. The topological polar surface area (TPSA) is 171 Å². The second-order valence-electron chi connectivity index (χ2n) is 18.7. The summed E-state index contributed by atoms with van der Waals surface area (Å²) < 4.78 is 68.0. The molecule has 0 bridgehead atoms. The van der Waals surface area contributed by atoms with Gasteiger partial charge in [0.15, 0.2) is 6.61 Å². The smallest absolute Gasteiger partial charge is 0.427 e. The fourth-order valence-corrected chi connectivity index (χ4v) is 8.42. The molecule has 0 atom stereocenters. The molecule has 1 saturated heterocycles. The number of rotatable bonds is 28. The van der Waals surface area contributed by atoms with E-state index in [2.05, 4.69) is 12.3 Å². The Hall–Kier alpha value is -5.19. The number of methoxy groups -OCH3 is 1. The number of nitrogens with zero attached hydrogens (tertiary/aromatic N) is 3. The van der Waals surface area contributed by atoms with Crippen molar-refractivity contribution >= 4 is 40.5 Å². The van der Waals surface area contributed by atoms with Gasteiger partial charge in [0, 0.05) is 44.7 Å². The SMILES string of the molecule is CCCCCCCCCCOC(=O)COc1ccc(N(NC(=O)OC(C)(C)C)C(=N)N)cc1C1CCN(C(=O)c2cn(CCOC)c3c(OCCCCCCCCCC(F)(F)F)cccc23)CC1. The molecular weight excluding hydrogens is 882 g/mol. The molecule has 1 aliphatic rings. The minimum atomic E-state index is -4.09. The second kappa shape index (κ2) is 28.3. The minimum Gasteiger partial charge on any atom is -0.491 e. The summed E-state index contributed by atoms with van der Waals surface area (Å²) in [7, 11) is 1.63. The van der Waals surface area contributed by atoms with Crippen LogP contribution < -0.4 is 25.6 Å².